The van der Waals surface area contributed by atoms with Gasteiger partial charge in [0.2, 0.25) is 0 Å². The number of ether oxygens (including phenoxy) is 3. The van der Waals surface area contributed by atoms with Gasteiger partial charge < -0.3 is 19.5 Å². The third-order valence-corrected chi connectivity index (χ3v) is 2.92. The van der Waals surface area contributed by atoms with Gasteiger partial charge in [-0.3, -0.25) is 0 Å². The van der Waals surface area contributed by atoms with E-state index in [0.29, 0.717) is 39.1 Å². The van der Waals surface area contributed by atoms with E-state index in [1.165, 1.54) is 6.42 Å². The second-order valence-corrected chi connectivity index (χ2v) is 4.66. The number of terminal acetylenes is 1. The van der Waals surface area contributed by atoms with Crippen LogP contribution >= 0.6 is 0 Å². The minimum Gasteiger partial charge on any atom is -0.379 e. The molecule has 4 nitrogen and oxygen atoms in total. The minimum atomic E-state index is 0.403. The van der Waals surface area contributed by atoms with Crippen LogP contribution in [0.15, 0.2) is 0 Å². The van der Waals surface area contributed by atoms with Crippen LogP contribution in [0.1, 0.15) is 39.5 Å². The molecule has 0 rings (SSSR count). The largest absolute Gasteiger partial charge is 0.379 e. The molecule has 0 aromatic heterocycles. The zero-order chi connectivity index (χ0) is 14.9. The summed E-state index contributed by atoms with van der Waals surface area (Å²) < 4.78 is 16.3. The third-order valence-electron chi connectivity index (χ3n) is 2.92. The van der Waals surface area contributed by atoms with Crippen molar-refractivity contribution >= 4 is 0 Å². The average Bonchev–Trinajstić information content (AvgIpc) is 2.47. The predicted octanol–water partition coefficient (Wildman–Crippen LogP) is 2.23. The second-order valence-electron chi connectivity index (χ2n) is 4.66. The Morgan fingerprint density at radius 3 is 2.10 bits per heavy atom. The first kappa shape index (κ1) is 19.4. The molecule has 118 valence electrons. The highest BCUT2D eigenvalue weighted by Gasteiger charge is 2.01. The summed E-state index contributed by atoms with van der Waals surface area (Å²) in [7, 11) is 0. The van der Waals surface area contributed by atoms with Crippen LogP contribution in [0, 0.1) is 12.3 Å². The number of nitrogens with one attached hydrogen (secondary N) is 1. The molecule has 0 radical (unpaired) electrons. The van der Waals surface area contributed by atoms with Crippen LogP contribution in [-0.2, 0) is 14.2 Å². The molecule has 0 spiro atoms. The van der Waals surface area contributed by atoms with Gasteiger partial charge in [0, 0.05) is 25.6 Å². The number of hydrogen-bond acceptors (Lipinski definition) is 4. The molecule has 0 aliphatic heterocycles. The molecular formula is C16H31NO3. The zero-order valence-electron chi connectivity index (χ0n) is 13.2. The van der Waals surface area contributed by atoms with Crippen LogP contribution in [0.3, 0.4) is 0 Å². The lowest BCUT2D eigenvalue weighted by molar-refractivity contribution is 0.0144. The van der Waals surface area contributed by atoms with Crippen LogP contribution in [0.2, 0.25) is 0 Å². The average molecular weight is 285 g/mol. The summed E-state index contributed by atoms with van der Waals surface area (Å²) in [6, 6.07) is 0.403. The van der Waals surface area contributed by atoms with Gasteiger partial charge in [0.25, 0.3) is 0 Å². The van der Waals surface area contributed by atoms with E-state index >= 15 is 0 Å². The molecule has 0 bridgehead atoms. The first-order valence-corrected chi connectivity index (χ1v) is 7.75. The molecule has 0 aliphatic rings. The maximum Gasteiger partial charge on any atom is 0.0701 e. The van der Waals surface area contributed by atoms with Crippen molar-refractivity contribution in [1.82, 2.24) is 5.32 Å². The Balaban J connectivity index is 3.11. The molecule has 0 aromatic rings. The van der Waals surface area contributed by atoms with Crippen molar-refractivity contribution in [2.75, 3.05) is 46.2 Å². The molecule has 20 heavy (non-hydrogen) atoms. The van der Waals surface area contributed by atoms with Crippen LogP contribution in [0.4, 0.5) is 0 Å². The highest BCUT2D eigenvalue weighted by atomic mass is 16.5. The molecule has 0 saturated heterocycles. The number of hydrogen-bond donors (Lipinski definition) is 1. The summed E-state index contributed by atoms with van der Waals surface area (Å²) in [4.78, 5) is 0. The fraction of sp³-hybridized carbons (Fsp3) is 0.875. The summed E-state index contributed by atoms with van der Waals surface area (Å²) in [6.07, 6.45) is 9.41. The SMILES string of the molecule is C#CCC(CC)NCCOCCOCCOCCCC. The summed E-state index contributed by atoms with van der Waals surface area (Å²) in [5.74, 6) is 2.68. The Labute approximate surface area is 124 Å². The van der Waals surface area contributed by atoms with Gasteiger partial charge in [0.1, 0.15) is 0 Å². The molecule has 0 amide bonds. The maximum atomic E-state index is 5.47. The standard InChI is InChI=1S/C16H31NO3/c1-4-7-10-18-12-14-20-15-13-19-11-9-17-16(6-3)8-5-2/h2,16-17H,4,6-15H2,1,3H3. The summed E-state index contributed by atoms with van der Waals surface area (Å²) >= 11 is 0. The molecule has 1 unspecified atom stereocenters. The van der Waals surface area contributed by atoms with Crippen molar-refractivity contribution in [3.05, 3.63) is 0 Å². The van der Waals surface area contributed by atoms with Gasteiger partial charge >= 0.3 is 0 Å². The fourth-order valence-corrected chi connectivity index (χ4v) is 1.63. The van der Waals surface area contributed by atoms with E-state index in [2.05, 4.69) is 25.1 Å². The molecule has 0 aliphatic carbocycles. The lowest BCUT2D eigenvalue weighted by atomic mass is 10.1. The van der Waals surface area contributed by atoms with Crippen LogP contribution in [0.25, 0.3) is 0 Å². The zero-order valence-corrected chi connectivity index (χ0v) is 13.2. The van der Waals surface area contributed by atoms with E-state index in [4.69, 9.17) is 20.6 Å². The molecule has 1 atom stereocenters. The highest BCUT2D eigenvalue weighted by Crippen LogP contribution is 1.94. The van der Waals surface area contributed by atoms with Crippen molar-refractivity contribution in [2.24, 2.45) is 0 Å². The van der Waals surface area contributed by atoms with Crippen molar-refractivity contribution in [3.63, 3.8) is 0 Å². The van der Waals surface area contributed by atoms with E-state index in [1.54, 1.807) is 0 Å². The van der Waals surface area contributed by atoms with Gasteiger partial charge in [-0.05, 0) is 12.8 Å². The summed E-state index contributed by atoms with van der Waals surface area (Å²) in [6.45, 7) is 9.21. The van der Waals surface area contributed by atoms with Crippen LogP contribution < -0.4 is 5.32 Å². The van der Waals surface area contributed by atoms with Crippen molar-refractivity contribution in [3.8, 4) is 12.3 Å². The Hall–Kier alpha value is -0.600. The quantitative estimate of drug-likeness (QED) is 0.370. The Kier molecular flexibility index (Phi) is 16.0. The van der Waals surface area contributed by atoms with Crippen molar-refractivity contribution in [1.29, 1.82) is 0 Å². The predicted molar refractivity (Wildman–Crippen MR) is 82.9 cm³/mol. The van der Waals surface area contributed by atoms with Crippen molar-refractivity contribution in [2.45, 2.75) is 45.6 Å². The lowest BCUT2D eigenvalue weighted by Gasteiger charge is -2.14. The Morgan fingerprint density at radius 2 is 1.55 bits per heavy atom. The van der Waals surface area contributed by atoms with E-state index in [1.807, 2.05) is 0 Å². The van der Waals surface area contributed by atoms with Crippen molar-refractivity contribution < 1.29 is 14.2 Å². The normalized spacial score (nSPS) is 12.2. The fourth-order valence-electron chi connectivity index (χ4n) is 1.63. The molecule has 0 heterocycles. The van der Waals surface area contributed by atoms with Gasteiger partial charge in [0.15, 0.2) is 0 Å². The topological polar surface area (TPSA) is 39.7 Å². The van der Waals surface area contributed by atoms with Gasteiger partial charge in [0.05, 0.1) is 33.0 Å². The molecule has 0 aromatic carbocycles. The first-order valence-electron chi connectivity index (χ1n) is 7.75. The summed E-state index contributed by atoms with van der Waals surface area (Å²) in [5, 5.41) is 3.37. The second kappa shape index (κ2) is 16.5. The summed E-state index contributed by atoms with van der Waals surface area (Å²) in [5.41, 5.74) is 0. The maximum absolute atomic E-state index is 5.47. The molecule has 1 N–H and O–H groups in total. The van der Waals surface area contributed by atoms with E-state index < -0.39 is 0 Å². The molecule has 0 saturated carbocycles. The Morgan fingerprint density at radius 1 is 0.950 bits per heavy atom. The molecular weight excluding hydrogens is 254 g/mol. The molecule has 4 heteroatoms. The van der Waals surface area contributed by atoms with Crippen LogP contribution in [-0.4, -0.2) is 52.2 Å². The van der Waals surface area contributed by atoms with E-state index in [-0.39, 0.29) is 0 Å². The van der Waals surface area contributed by atoms with Gasteiger partial charge in [-0.15, -0.1) is 12.3 Å². The Bertz CT molecular complexity index is 228. The van der Waals surface area contributed by atoms with Gasteiger partial charge in [-0.25, -0.2) is 0 Å². The minimum absolute atomic E-state index is 0.403. The lowest BCUT2D eigenvalue weighted by Crippen LogP contribution is -2.31. The van der Waals surface area contributed by atoms with Gasteiger partial charge in [-0.1, -0.05) is 20.3 Å². The number of unbranched alkanes of at least 4 members (excludes halogenated alkanes) is 1. The highest BCUT2D eigenvalue weighted by molar-refractivity contribution is 4.89. The molecule has 0 fully saturated rings. The first-order chi connectivity index (χ1) is 9.85. The third kappa shape index (κ3) is 13.8. The van der Waals surface area contributed by atoms with E-state index in [9.17, 15) is 0 Å². The number of rotatable bonds is 15. The smallest absolute Gasteiger partial charge is 0.0701 e. The van der Waals surface area contributed by atoms with Gasteiger partial charge in [-0.2, -0.15) is 0 Å². The van der Waals surface area contributed by atoms with E-state index in [0.717, 1.165) is 32.4 Å². The monoisotopic (exact) mass is 285 g/mol. The van der Waals surface area contributed by atoms with Crippen LogP contribution in [0.5, 0.6) is 0 Å².